The SMILES string of the molecule is CC1CCC(C)N1C(C)C(=O)N(C)CC1CCCCN1. The van der Waals surface area contributed by atoms with Gasteiger partial charge in [-0.05, 0) is 53.0 Å². The highest BCUT2D eigenvalue weighted by atomic mass is 16.2. The Morgan fingerprint density at radius 3 is 2.45 bits per heavy atom. The molecule has 4 atom stereocenters. The Bertz CT molecular complexity index is 318. The molecule has 116 valence electrons. The highest BCUT2D eigenvalue weighted by molar-refractivity contribution is 5.81. The second-order valence-corrected chi connectivity index (χ2v) is 6.76. The van der Waals surface area contributed by atoms with Crippen LogP contribution in [0.2, 0.25) is 0 Å². The number of nitrogens with zero attached hydrogens (tertiary/aromatic N) is 2. The van der Waals surface area contributed by atoms with Crippen LogP contribution in [-0.4, -0.2) is 60.0 Å². The van der Waals surface area contributed by atoms with Crippen molar-refractivity contribution in [1.82, 2.24) is 15.1 Å². The Morgan fingerprint density at radius 2 is 1.90 bits per heavy atom. The van der Waals surface area contributed by atoms with Gasteiger partial charge in [-0.25, -0.2) is 0 Å². The van der Waals surface area contributed by atoms with Gasteiger partial charge in [0.1, 0.15) is 0 Å². The van der Waals surface area contributed by atoms with Gasteiger partial charge in [0.25, 0.3) is 0 Å². The summed E-state index contributed by atoms with van der Waals surface area (Å²) in [5.41, 5.74) is 0. The molecule has 0 aromatic rings. The Labute approximate surface area is 123 Å². The standard InChI is InChI=1S/C16H31N3O/c1-12-8-9-13(2)19(12)14(3)16(20)18(4)11-15-7-5-6-10-17-15/h12-15,17H,5-11H2,1-4H3. The van der Waals surface area contributed by atoms with Crippen molar-refractivity contribution in [2.45, 2.75) is 77.0 Å². The molecule has 2 aliphatic heterocycles. The van der Waals surface area contributed by atoms with E-state index in [9.17, 15) is 4.79 Å². The summed E-state index contributed by atoms with van der Waals surface area (Å²) >= 11 is 0. The highest BCUT2D eigenvalue weighted by Gasteiger charge is 2.35. The average molecular weight is 281 g/mol. The van der Waals surface area contributed by atoms with E-state index in [-0.39, 0.29) is 11.9 Å². The summed E-state index contributed by atoms with van der Waals surface area (Å²) in [4.78, 5) is 17.0. The number of carbonyl (C=O) groups is 1. The molecule has 4 heteroatoms. The van der Waals surface area contributed by atoms with Crippen molar-refractivity contribution in [2.24, 2.45) is 0 Å². The number of amides is 1. The summed E-state index contributed by atoms with van der Waals surface area (Å²) < 4.78 is 0. The van der Waals surface area contributed by atoms with E-state index in [0.717, 1.165) is 13.1 Å². The van der Waals surface area contributed by atoms with E-state index in [0.29, 0.717) is 18.1 Å². The molecule has 4 nitrogen and oxygen atoms in total. The first-order valence-electron chi connectivity index (χ1n) is 8.26. The molecule has 4 unspecified atom stereocenters. The van der Waals surface area contributed by atoms with E-state index in [1.54, 1.807) is 0 Å². The van der Waals surface area contributed by atoms with Crippen LogP contribution in [0.25, 0.3) is 0 Å². The third kappa shape index (κ3) is 3.53. The van der Waals surface area contributed by atoms with E-state index in [1.165, 1.54) is 32.1 Å². The summed E-state index contributed by atoms with van der Waals surface area (Å²) in [7, 11) is 1.96. The lowest BCUT2D eigenvalue weighted by Crippen LogP contribution is -2.52. The molecule has 0 saturated carbocycles. The largest absolute Gasteiger partial charge is 0.343 e. The monoisotopic (exact) mass is 281 g/mol. The zero-order chi connectivity index (χ0) is 14.7. The molecule has 0 bridgehead atoms. The molecular formula is C16H31N3O. The minimum absolute atomic E-state index is 0.0103. The fourth-order valence-corrected chi connectivity index (χ4v) is 3.93. The Morgan fingerprint density at radius 1 is 1.25 bits per heavy atom. The minimum Gasteiger partial charge on any atom is -0.343 e. The number of rotatable bonds is 4. The van der Waals surface area contributed by atoms with Crippen LogP contribution in [0.15, 0.2) is 0 Å². The quantitative estimate of drug-likeness (QED) is 0.854. The fourth-order valence-electron chi connectivity index (χ4n) is 3.93. The molecule has 0 spiro atoms. The topological polar surface area (TPSA) is 35.6 Å². The number of nitrogens with one attached hydrogen (secondary N) is 1. The third-order valence-electron chi connectivity index (χ3n) is 5.11. The van der Waals surface area contributed by atoms with Crippen LogP contribution >= 0.6 is 0 Å². The normalized spacial score (nSPS) is 33.1. The molecule has 0 aromatic carbocycles. The average Bonchev–Trinajstić information content (AvgIpc) is 2.77. The summed E-state index contributed by atoms with van der Waals surface area (Å²) in [5, 5.41) is 3.52. The maximum Gasteiger partial charge on any atom is 0.239 e. The summed E-state index contributed by atoms with van der Waals surface area (Å²) in [6.45, 7) is 8.51. The molecule has 1 N–H and O–H groups in total. The Kier molecular flexibility index (Phi) is 5.44. The van der Waals surface area contributed by atoms with Crippen LogP contribution in [0, 0.1) is 0 Å². The maximum absolute atomic E-state index is 12.7. The third-order valence-corrected chi connectivity index (χ3v) is 5.11. The van der Waals surface area contributed by atoms with Crippen LogP contribution in [-0.2, 0) is 4.79 Å². The van der Waals surface area contributed by atoms with E-state index in [4.69, 9.17) is 0 Å². The first kappa shape index (κ1) is 15.8. The van der Waals surface area contributed by atoms with Crippen LogP contribution in [0.1, 0.15) is 52.9 Å². The van der Waals surface area contributed by atoms with E-state index >= 15 is 0 Å². The van der Waals surface area contributed by atoms with Crippen LogP contribution in [0.5, 0.6) is 0 Å². The highest BCUT2D eigenvalue weighted by Crippen LogP contribution is 2.26. The van der Waals surface area contributed by atoms with Crippen molar-refractivity contribution < 1.29 is 4.79 Å². The predicted octanol–water partition coefficient (Wildman–Crippen LogP) is 1.85. The molecule has 2 heterocycles. The molecule has 0 radical (unpaired) electrons. The molecule has 2 fully saturated rings. The number of likely N-dealkylation sites (N-methyl/N-ethyl adjacent to an activating group) is 1. The van der Waals surface area contributed by atoms with Crippen LogP contribution in [0.3, 0.4) is 0 Å². The van der Waals surface area contributed by atoms with Gasteiger partial charge < -0.3 is 10.2 Å². The van der Waals surface area contributed by atoms with Crippen molar-refractivity contribution in [3.63, 3.8) is 0 Å². The van der Waals surface area contributed by atoms with Gasteiger partial charge in [-0.2, -0.15) is 0 Å². The van der Waals surface area contributed by atoms with Crippen molar-refractivity contribution in [3.8, 4) is 0 Å². The van der Waals surface area contributed by atoms with Crippen LogP contribution < -0.4 is 5.32 Å². The number of carbonyl (C=O) groups excluding carboxylic acids is 1. The number of hydrogen-bond acceptors (Lipinski definition) is 3. The van der Waals surface area contributed by atoms with Gasteiger partial charge in [-0.3, -0.25) is 9.69 Å². The van der Waals surface area contributed by atoms with Crippen molar-refractivity contribution in [3.05, 3.63) is 0 Å². The van der Waals surface area contributed by atoms with E-state index in [2.05, 4.69) is 31.0 Å². The molecule has 0 aromatic heterocycles. The van der Waals surface area contributed by atoms with Gasteiger partial charge in [0.2, 0.25) is 5.91 Å². The molecule has 2 saturated heterocycles. The van der Waals surface area contributed by atoms with Gasteiger partial charge in [-0.1, -0.05) is 6.42 Å². The lowest BCUT2D eigenvalue weighted by atomic mass is 10.0. The van der Waals surface area contributed by atoms with Crippen molar-refractivity contribution in [2.75, 3.05) is 20.1 Å². The molecule has 20 heavy (non-hydrogen) atoms. The van der Waals surface area contributed by atoms with Gasteiger partial charge in [0.05, 0.1) is 6.04 Å². The first-order valence-corrected chi connectivity index (χ1v) is 8.26. The maximum atomic E-state index is 12.7. The van der Waals surface area contributed by atoms with E-state index < -0.39 is 0 Å². The first-order chi connectivity index (χ1) is 9.50. The number of piperidine rings is 1. The molecule has 2 rings (SSSR count). The summed E-state index contributed by atoms with van der Waals surface area (Å²) in [5.74, 6) is 0.276. The fraction of sp³-hybridized carbons (Fsp3) is 0.938. The second kappa shape index (κ2) is 6.90. The number of hydrogen-bond donors (Lipinski definition) is 1. The lowest BCUT2D eigenvalue weighted by molar-refractivity contribution is -0.136. The van der Waals surface area contributed by atoms with E-state index in [1.807, 2.05) is 11.9 Å². The van der Waals surface area contributed by atoms with Gasteiger partial charge in [0.15, 0.2) is 0 Å². The second-order valence-electron chi connectivity index (χ2n) is 6.76. The van der Waals surface area contributed by atoms with Crippen molar-refractivity contribution in [1.29, 1.82) is 0 Å². The minimum atomic E-state index is 0.0103. The lowest BCUT2D eigenvalue weighted by Gasteiger charge is -2.35. The Balaban J connectivity index is 1.88. The molecule has 0 aliphatic carbocycles. The molecule has 1 amide bonds. The van der Waals surface area contributed by atoms with Gasteiger partial charge in [-0.15, -0.1) is 0 Å². The predicted molar refractivity (Wildman–Crippen MR) is 82.7 cm³/mol. The summed E-state index contributed by atoms with van der Waals surface area (Å²) in [6.07, 6.45) is 6.19. The molecule has 2 aliphatic rings. The van der Waals surface area contributed by atoms with Gasteiger partial charge >= 0.3 is 0 Å². The smallest absolute Gasteiger partial charge is 0.239 e. The van der Waals surface area contributed by atoms with Crippen molar-refractivity contribution >= 4 is 5.91 Å². The summed E-state index contributed by atoms with van der Waals surface area (Å²) in [6, 6.07) is 1.56. The zero-order valence-electron chi connectivity index (χ0n) is 13.6. The van der Waals surface area contributed by atoms with Gasteiger partial charge in [0, 0.05) is 31.7 Å². The Hall–Kier alpha value is -0.610. The molecular weight excluding hydrogens is 250 g/mol. The zero-order valence-corrected chi connectivity index (χ0v) is 13.6. The number of likely N-dealkylation sites (tertiary alicyclic amines) is 1. The van der Waals surface area contributed by atoms with Crippen LogP contribution in [0.4, 0.5) is 0 Å².